The molecule has 1 aromatic rings. The fourth-order valence-electron chi connectivity index (χ4n) is 3.45. The first-order valence-corrected chi connectivity index (χ1v) is 8.12. The highest BCUT2D eigenvalue weighted by Crippen LogP contribution is 2.47. The molecule has 0 bridgehead atoms. The molecule has 0 amide bonds. The summed E-state index contributed by atoms with van der Waals surface area (Å²) < 4.78 is 0. The summed E-state index contributed by atoms with van der Waals surface area (Å²) in [5.74, 6) is 0. The summed E-state index contributed by atoms with van der Waals surface area (Å²) >= 11 is 0. The minimum Gasteiger partial charge on any atom is -0.313 e. The SMILES string of the molecule is C=C(C)CCC(NCCC)C1(c2ccccc2)CCC1. The van der Waals surface area contributed by atoms with Crippen LogP contribution in [0.15, 0.2) is 42.5 Å². The van der Waals surface area contributed by atoms with Gasteiger partial charge in [0.15, 0.2) is 0 Å². The van der Waals surface area contributed by atoms with Crippen molar-refractivity contribution in [3.63, 3.8) is 0 Å². The Balaban J connectivity index is 2.17. The second-order valence-corrected chi connectivity index (χ2v) is 6.38. The predicted octanol–water partition coefficient (Wildman–Crippen LogP) is 4.83. The number of nitrogens with one attached hydrogen (secondary N) is 1. The van der Waals surface area contributed by atoms with Crippen molar-refractivity contribution in [1.29, 1.82) is 0 Å². The van der Waals surface area contributed by atoms with Gasteiger partial charge < -0.3 is 5.32 Å². The van der Waals surface area contributed by atoms with Gasteiger partial charge in [-0.2, -0.15) is 0 Å². The molecular weight excluding hydrogens is 242 g/mol. The zero-order valence-electron chi connectivity index (χ0n) is 13.1. The molecule has 1 aromatic carbocycles. The number of rotatable bonds is 8. The second-order valence-electron chi connectivity index (χ2n) is 6.38. The third-order valence-corrected chi connectivity index (χ3v) is 4.76. The van der Waals surface area contributed by atoms with Crippen LogP contribution in [0.25, 0.3) is 0 Å². The molecule has 0 heterocycles. The van der Waals surface area contributed by atoms with E-state index in [-0.39, 0.29) is 0 Å². The maximum atomic E-state index is 4.08. The van der Waals surface area contributed by atoms with E-state index in [9.17, 15) is 0 Å². The Labute approximate surface area is 124 Å². The highest BCUT2D eigenvalue weighted by Gasteiger charge is 2.44. The number of benzene rings is 1. The largest absolute Gasteiger partial charge is 0.313 e. The van der Waals surface area contributed by atoms with E-state index in [4.69, 9.17) is 0 Å². The molecule has 1 atom stereocenters. The van der Waals surface area contributed by atoms with Gasteiger partial charge in [-0.25, -0.2) is 0 Å². The van der Waals surface area contributed by atoms with Gasteiger partial charge in [-0.15, -0.1) is 6.58 Å². The predicted molar refractivity (Wildman–Crippen MR) is 88.1 cm³/mol. The highest BCUT2D eigenvalue weighted by molar-refractivity contribution is 5.30. The summed E-state index contributed by atoms with van der Waals surface area (Å²) in [4.78, 5) is 0. The first-order chi connectivity index (χ1) is 9.69. The monoisotopic (exact) mass is 271 g/mol. The van der Waals surface area contributed by atoms with Gasteiger partial charge in [0.25, 0.3) is 0 Å². The zero-order chi connectivity index (χ0) is 14.4. The van der Waals surface area contributed by atoms with Gasteiger partial charge in [-0.1, -0.05) is 49.2 Å². The van der Waals surface area contributed by atoms with Crippen LogP contribution in [0.2, 0.25) is 0 Å². The van der Waals surface area contributed by atoms with Gasteiger partial charge in [0, 0.05) is 11.5 Å². The third-order valence-electron chi connectivity index (χ3n) is 4.76. The van der Waals surface area contributed by atoms with Crippen LogP contribution in [0.4, 0.5) is 0 Å². The molecule has 1 aliphatic rings. The fourth-order valence-corrected chi connectivity index (χ4v) is 3.45. The second kappa shape index (κ2) is 7.08. The van der Waals surface area contributed by atoms with Gasteiger partial charge in [0.2, 0.25) is 0 Å². The minimum atomic E-state index is 0.367. The smallest absolute Gasteiger partial charge is 0.0167 e. The molecule has 0 aliphatic heterocycles. The number of hydrogen-bond donors (Lipinski definition) is 1. The highest BCUT2D eigenvalue weighted by atomic mass is 14.9. The van der Waals surface area contributed by atoms with Crippen LogP contribution in [-0.4, -0.2) is 12.6 Å². The molecule has 1 unspecified atom stereocenters. The molecule has 2 rings (SSSR count). The summed E-state index contributed by atoms with van der Waals surface area (Å²) in [7, 11) is 0. The molecule has 1 fully saturated rings. The Morgan fingerprint density at radius 2 is 2.00 bits per heavy atom. The lowest BCUT2D eigenvalue weighted by Gasteiger charge is -2.49. The van der Waals surface area contributed by atoms with Crippen LogP contribution in [-0.2, 0) is 5.41 Å². The summed E-state index contributed by atoms with van der Waals surface area (Å²) in [6.45, 7) is 9.59. The fraction of sp³-hybridized carbons (Fsp3) is 0.579. The minimum absolute atomic E-state index is 0.367. The number of allylic oxidation sites excluding steroid dienone is 1. The van der Waals surface area contributed by atoms with Crippen molar-refractivity contribution in [2.75, 3.05) is 6.54 Å². The average molecular weight is 271 g/mol. The average Bonchev–Trinajstić information content (AvgIpc) is 2.41. The molecule has 0 aromatic heterocycles. The van der Waals surface area contributed by atoms with Gasteiger partial charge in [0.1, 0.15) is 0 Å². The molecular formula is C19H29N. The summed E-state index contributed by atoms with van der Waals surface area (Å²) in [6.07, 6.45) is 7.57. The van der Waals surface area contributed by atoms with Gasteiger partial charge in [0.05, 0.1) is 0 Å². The van der Waals surface area contributed by atoms with Crippen molar-refractivity contribution >= 4 is 0 Å². The van der Waals surface area contributed by atoms with Crippen molar-refractivity contribution in [2.24, 2.45) is 0 Å². The third kappa shape index (κ3) is 3.32. The molecule has 20 heavy (non-hydrogen) atoms. The van der Waals surface area contributed by atoms with E-state index in [1.54, 1.807) is 0 Å². The van der Waals surface area contributed by atoms with Gasteiger partial charge in [-0.3, -0.25) is 0 Å². The van der Waals surface area contributed by atoms with Gasteiger partial charge >= 0.3 is 0 Å². The number of hydrogen-bond acceptors (Lipinski definition) is 1. The summed E-state index contributed by atoms with van der Waals surface area (Å²) in [5.41, 5.74) is 3.20. The van der Waals surface area contributed by atoms with Crippen LogP contribution in [0.1, 0.15) is 57.9 Å². The van der Waals surface area contributed by atoms with Crippen LogP contribution in [0.3, 0.4) is 0 Å². The first kappa shape index (κ1) is 15.3. The summed E-state index contributed by atoms with van der Waals surface area (Å²) in [5, 5.41) is 3.82. The van der Waals surface area contributed by atoms with Crippen LogP contribution in [0.5, 0.6) is 0 Å². The maximum Gasteiger partial charge on any atom is 0.0167 e. The molecule has 0 spiro atoms. The van der Waals surface area contributed by atoms with Crippen LogP contribution in [0, 0.1) is 0 Å². The van der Waals surface area contributed by atoms with Crippen LogP contribution >= 0.6 is 0 Å². The van der Waals surface area contributed by atoms with E-state index in [0.717, 1.165) is 13.0 Å². The van der Waals surface area contributed by atoms with Gasteiger partial charge in [-0.05, 0) is 51.1 Å². The Morgan fingerprint density at radius 3 is 2.50 bits per heavy atom. The van der Waals surface area contributed by atoms with E-state index < -0.39 is 0 Å². The first-order valence-electron chi connectivity index (χ1n) is 8.12. The Bertz CT molecular complexity index is 417. The maximum absolute atomic E-state index is 4.08. The quantitative estimate of drug-likeness (QED) is 0.668. The molecule has 1 N–H and O–H groups in total. The van der Waals surface area contributed by atoms with E-state index in [1.807, 2.05) is 0 Å². The molecule has 110 valence electrons. The Morgan fingerprint density at radius 1 is 1.30 bits per heavy atom. The lowest BCUT2D eigenvalue weighted by Crippen LogP contribution is -2.53. The van der Waals surface area contributed by atoms with E-state index in [0.29, 0.717) is 11.5 Å². The van der Waals surface area contributed by atoms with Crippen molar-refractivity contribution in [1.82, 2.24) is 5.32 Å². The molecule has 0 saturated heterocycles. The molecule has 0 radical (unpaired) electrons. The molecule has 1 heteroatoms. The van der Waals surface area contributed by atoms with Crippen molar-refractivity contribution < 1.29 is 0 Å². The lowest BCUT2D eigenvalue weighted by atomic mass is 9.59. The van der Waals surface area contributed by atoms with E-state index in [2.05, 4.69) is 56.1 Å². The van der Waals surface area contributed by atoms with Crippen LogP contribution < -0.4 is 5.32 Å². The topological polar surface area (TPSA) is 12.0 Å². The van der Waals surface area contributed by atoms with Crippen molar-refractivity contribution in [3.8, 4) is 0 Å². The van der Waals surface area contributed by atoms with E-state index in [1.165, 1.54) is 43.2 Å². The van der Waals surface area contributed by atoms with E-state index >= 15 is 0 Å². The van der Waals surface area contributed by atoms with Crippen molar-refractivity contribution in [2.45, 2.75) is 63.8 Å². The normalized spacial score (nSPS) is 18.3. The Hall–Kier alpha value is -1.08. The zero-order valence-corrected chi connectivity index (χ0v) is 13.1. The lowest BCUT2D eigenvalue weighted by molar-refractivity contribution is 0.161. The van der Waals surface area contributed by atoms with Crippen molar-refractivity contribution in [3.05, 3.63) is 48.0 Å². The molecule has 1 nitrogen and oxygen atoms in total. The summed E-state index contributed by atoms with van der Waals surface area (Å²) in [6, 6.07) is 11.7. The molecule has 1 saturated carbocycles. The molecule has 1 aliphatic carbocycles. The standard InChI is InChI=1S/C19H29N/c1-4-15-20-18(12-11-16(2)3)19(13-8-14-19)17-9-6-5-7-10-17/h5-7,9-10,18,20H,2,4,8,11-15H2,1,3H3. The Kier molecular flexibility index (Phi) is 5.42.